The van der Waals surface area contributed by atoms with Gasteiger partial charge in [-0.05, 0) is 43.5 Å². The zero-order chi connectivity index (χ0) is 14.6. The lowest BCUT2D eigenvalue weighted by atomic mass is 9.74. The number of aliphatic carboxylic acids is 1. The van der Waals surface area contributed by atoms with Crippen molar-refractivity contribution in [3.8, 4) is 5.75 Å². The maximum atomic E-state index is 11.9. The number of ether oxygens (including phenoxy) is 1. The van der Waals surface area contributed by atoms with Crippen LogP contribution in [0.1, 0.15) is 25.7 Å². The van der Waals surface area contributed by atoms with Crippen LogP contribution in [0.2, 0.25) is 0 Å². The molecule has 1 aliphatic rings. The van der Waals surface area contributed by atoms with E-state index in [9.17, 15) is 9.59 Å². The number of benzene rings is 1. The van der Waals surface area contributed by atoms with E-state index in [1.54, 1.807) is 31.4 Å². The molecule has 0 heterocycles. The van der Waals surface area contributed by atoms with Gasteiger partial charge in [0.25, 0.3) is 0 Å². The van der Waals surface area contributed by atoms with Gasteiger partial charge in [0.05, 0.1) is 19.1 Å². The zero-order valence-corrected chi connectivity index (χ0v) is 11.3. The highest BCUT2D eigenvalue weighted by atomic mass is 16.5. The highest BCUT2D eigenvalue weighted by molar-refractivity contribution is 5.90. The Morgan fingerprint density at radius 1 is 1.30 bits per heavy atom. The van der Waals surface area contributed by atoms with Crippen LogP contribution in [0.4, 0.5) is 10.5 Å². The van der Waals surface area contributed by atoms with Gasteiger partial charge in [-0.3, -0.25) is 4.79 Å². The lowest BCUT2D eigenvalue weighted by Crippen LogP contribution is -2.55. The predicted octanol–water partition coefficient (Wildman–Crippen LogP) is 2.21. The summed E-state index contributed by atoms with van der Waals surface area (Å²) in [5.74, 6) is -0.188. The standard InChI is InChI=1S/C14H18N2O4/c1-20-11-5-3-10(4-6-11)15-13(19)16-14(7-2-8-14)9-12(17)18/h3-6H,2,7-9H2,1H3,(H,17,18)(H2,15,16,19). The Morgan fingerprint density at radius 3 is 2.40 bits per heavy atom. The highest BCUT2D eigenvalue weighted by Gasteiger charge is 2.40. The maximum Gasteiger partial charge on any atom is 0.319 e. The second kappa shape index (κ2) is 5.81. The SMILES string of the molecule is COc1ccc(NC(=O)NC2(CC(=O)O)CCC2)cc1. The summed E-state index contributed by atoms with van der Waals surface area (Å²) >= 11 is 0. The van der Waals surface area contributed by atoms with Crippen molar-refractivity contribution in [1.82, 2.24) is 5.32 Å². The zero-order valence-electron chi connectivity index (χ0n) is 11.3. The first-order valence-corrected chi connectivity index (χ1v) is 6.48. The number of rotatable bonds is 5. The van der Waals surface area contributed by atoms with Gasteiger partial charge in [-0.2, -0.15) is 0 Å². The second-order valence-corrected chi connectivity index (χ2v) is 5.01. The molecule has 1 fully saturated rings. The average molecular weight is 278 g/mol. The van der Waals surface area contributed by atoms with Gasteiger partial charge in [-0.15, -0.1) is 0 Å². The molecule has 0 radical (unpaired) electrons. The molecule has 0 aromatic heterocycles. The van der Waals surface area contributed by atoms with Crippen molar-refractivity contribution in [3.63, 3.8) is 0 Å². The van der Waals surface area contributed by atoms with Crippen molar-refractivity contribution in [1.29, 1.82) is 0 Å². The molecular weight excluding hydrogens is 260 g/mol. The molecule has 0 unspecified atom stereocenters. The van der Waals surface area contributed by atoms with Crippen LogP contribution in [0.3, 0.4) is 0 Å². The molecule has 1 aromatic carbocycles. The molecule has 0 bridgehead atoms. The maximum absolute atomic E-state index is 11.9. The third-order valence-corrected chi connectivity index (χ3v) is 3.53. The Bertz CT molecular complexity index is 494. The molecule has 108 valence electrons. The Hall–Kier alpha value is -2.24. The molecule has 0 aliphatic heterocycles. The molecule has 6 nitrogen and oxygen atoms in total. The van der Waals surface area contributed by atoms with Crippen LogP contribution in [-0.4, -0.2) is 29.8 Å². The number of amides is 2. The molecule has 1 saturated carbocycles. The second-order valence-electron chi connectivity index (χ2n) is 5.01. The van der Waals surface area contributed by atoms with Gasteiger partial charge in [-0.25, -0.2) is 4.79 Å². The first-order valence-electron chi connectivity index (χ1n) is 6.48. The van der Waals surface area contributed by atoms with Crippen LogP contribution in [0.5, 0.6) is 5.75 Å². The van der Waals surface area contributed by atoms with Gasteiger partial charge in [0.15, 0.2) is 0 Å². The van der Waals surface area contributed by atoms with Crippen molar-refractivity contribution < 1.29 is 19.4 Å². The monoisotopic (exact) mass is 278 g/mol. The third-order valence-electron chi connectivity index (χ3n) is 3.53. The molecule has 2 rings (SSSR count). The lowest BCUT2D eigenvalue weighted by Gasteiger charge is -2.41. The largest absolute Gasteiger partial charge is 0.497 e. The van der Waals surface area contributed by atoms with Crippen molar-refractivity contribution in [2.45, 2.75) is 31.2 Å². The number of carbonyl (C=O) groups is 2. The van der Waals surface area contributed by atoms with Crippen LogP contribution in [0.15, 0.2) is 24.3 Å². The summed E-state index contributed by atoms with van der Waals surface area (Å²) in [6.07, 6.45) is 2.31. The van der Waals surface area contributed by atoms with E-state index in [-0.39, 0.29) is 12.5 Å². The number of carbonyl (C=O) groups excluding carboxylic acids is 1. The first-order chi connectivity index (χ1) is 9.53. The van der Waals surface area contributed by atoms with Gasteiger partial charge >= 0.3 is 12.0 Å². The van der Waals surface area contributed by atoms with E-state index in [1.165, 1.54) is 0 Å². The number of carboxylic acids is 1. The van der Waals surface area contributed by atoms with E-state index in [2.05, 4.69) is 10.6 Å². The van der Waals surface area contributed by atoms with Crippen LogP contribution in [0, 0.1) is 0 Å². The minimum Gasteiger partial charge on any atom is -0.497 e. The average Bonchev–Trinajstić information content (AvgIpc) is 2.36. The van der Waals surface area contributed by atoms with Crippen molar-refractivity contribution >= 4 is 17.7 Å². The van der Waals surface area contributed by atoms with E-state index in [0.717, 1.165) is 6.42 Å². The number of nitrogens with one attached hydrogen (secondary N) is 2. The molecule has 6 heteroatoms. The number of anilines is 1. The molecule has 20 heavy (non-hydrogen) atoms. The molecule has 1 aromatic rings. The van der Waals surface area contributed by atoms with Crippen molar-refractivity contribution in [2.75, 3.05) is 12.4 Å². The summed E-state index contributed by atoms with van der Waals surface area (Å²) in [6.45, 7) is 0. The summed E-state index contributed by atoms with van der Waals surface area (Å²) in [5, 5.41) is 14.4. The minimum atomic E-state index is -0.894. The summed E-state index contributed by atoms with van der Waals surface area (Å²) in [4.78, 5) is 22.7. The number of methoxy groups -OCH3 is 1. The summed E-state index contributed by atoms with van der Waals surface area (Å²) in [5.41, 5.74) is 0.0376. The molecule has 0 atom stereocenters. The Labute approximate surface area is 117 Å². The van der Waals surface area contributed by atoms with Gasteiger partial charge in [0, 0.05) is 5.69 Å². The van der Waals surface area contributed by atoms with Crippen molar-refractivity contribution in [2.24, 2.45) is 0 Å². The molecule has 1 aliphatic carbocycles. The fraction of sp³-hybridized carbons (Fsp3) is 0.429. The van der Waals surface area contributed by atoms with E-state index in [4.69, 9.17) is 9.84 Å². The van der Waals surface area contributed by atoms with E-state index >= 15 is 0 Å². The lowest BCUT2D eigenvalue weighted by molar-refractivity contribution is -0.139. The third kappa shape index (κ3) is 3.40. The van der Waals surface area contributed by atoms with Crippen molar-refractivity contribution in [3.05, 3.63) is 24.3 Å². The number of carboxylic acid groups (broad SMARTS) is 1. The van der Waals surface area contributed by atoms with Gasteiger partial charge in [0.1, 0.15) is 5.75 Å². The Morgan fingerprint density at radius 2 is 1.95 bits per heavy atom. The normalized spacial score (nSPS) is 15.8. The van der Waals surface area contributed by atoms with E-state index < -0.39 is 11.5 Å². The first kappa shape index (κ1) is 14.2. The van der Waals surface area contributed by atoms with Gasteiger partial charge < -0.3 is 20.5 Å². The Kier molecular flexibility index (Phi) is 4.12. The number of urea groups is 1. The highest BCUT2D eigenvalue weighted by Crippen LogP contribution is 2.35. The summed E-state index contributed by atoms with van der Waals surface area (Å²) in [6, 6.07) is 6.56. The molecular formula is C14H18N2O4. The van der Waals surface area contributed by atoms with Crippen LogP contribution in [-0.2, 0) is 4.79 Å². The molecule has 0 saturated heterocycles. The molecule has 2 amide bonds. The van der Waals surface area contributed by atoms with Gasteiger partial charge in [-0.1, -0.05) is 0 Å². The minimum absolute atomic E-state index is 0.0387. The number of hydrogen-bond donors (Lipinski definition) is 3. The predicted molar refractivity (Wildman–Crippen MR) is 74.0 cm³/mol. The molecule has 3 N–H and O–H groups in total. The van der Waals surface area contributed by atoms with Crippen LogP contribution < -0.4 is 15.4 Å². The van der Waals surface area contributed by atoms with E-state index in [1.807, 2.05) is 0 Å². The summed E-state index contributed by atoms with van der Waals surface area (Å²) in [7, 11) is 1.57. The van der Waals surface area contributed by atoms with E-state index in [0.29, 0.717) is 24.3 Å². The summed E-state index contributed by atoms with van der Waals surface area (Å²) < 4.78 is 5.03. The fourth-order valence-electron chi connectivity index (χ4n) is 2.32. The topological polar surface area (TPSA) is 87.7 Å². The van der Waals surface area contributed by atoms with Crippen LogP contribution in [0.25, 0.3) is 0 Å². The molecule has 0 spiro atoms. The smallest absolute Gasteiger partial charge is 0.319 e. The van der Waals surface area contributed by atoms with Crippen LogP contribution >= 0.6 is 0 Å². The Balaban J connectivity index is 1.92. The number of hydrogen-bond acceptors (Lipinski definition) is 3. The quantitative estimate of drug-likeness (QED) is 0.770. The van der Waals surface area contributed by atoms with Gasteiger partial charge in [0.2, 0.25) is 0 Å². The fourth-order valence-corrected chi connectivity index (χ4v) is 2.32.